The molecule has 0 bridgehead atoms. The Morgan fingerprint density at radius 2 is 2.25 bits per heavy atom. The molecule has 1 aliphatic rings. The van der Waals surface area contributed by atoms with Crippen LogP contribution in [0.5, 0.6) is 0 Å². The SMILES string of the molecule is CN1CC(N)C(Cl)C1. The second-order valence-electron chi connectivity index (χ2n) is 2.40. The van der Waals surface area contributed by atoms with Gasteiger partial charge in [-0.05, 0) is 7.05 Å². The third-order valence-electron chi connectivity index (χ3n) is 1.47. The normalized spacial score (nSPS) is 40.9. The van der Waals surface area contributed by atoms with E-state index in [1.165, 1.54) is 0 Å². The van der Waals surface area contributed by atoms with E-state index in [1.54, 1.807) is 0 Å². The second-order valence-corrected chi connectivity index (χ2v) is 2.96. The summed E-state index contributed by atoms with van der Waals surface area (Å²) in [6, 6.07) is 0.182. The van der Waals surface area contributed by atoms with E-state index < -0.39 is 0 Å². The van der Waals surface area contributed by atoms with Crippen LogP contribution in [0.4, 0.5) is 0 Å². The number of likely N-dealkylation sites (N-methyl/N-ethyl adjacent to an activating group) is 1. The van der Waals surface area contributed by atoms with E-state index in [-0.39, 0.29) is 11.4 Å². The fourth-order valence-corrected chi connectivity index (χ4v) is 1.30. The van der Waals surface area contributed by atoms with Crippen molar-refractivity contribution in [1.29, 1.82) is 0 Å². The molecule has 0 saturated carbocycles. The van der Waals surface area contributed by atoms with Crippen LogP contribution in [-0.4, -0.2) is 36.5 Å². The Balaban J connectivity index is 2.39. The molecule has 0 spiro atoms. The first-order chi connectivity index (χ1) is 3.70. The van der Waals surface area contributed by atoms with Gasteiger partial charge in [-0.2, -0.15) is 0 Å². The largest absolute Gasteiger partial charge is 0.325 e. The Morgan fingerprint density at radius 3 is 2.38 bits per heavy atom. The van der Waals surface area contributed by atoms with E-state index in [9.17, 15) is 0 Å². The number of hydrogen-bond donors (Lipinski definition) is 1. The molecule has 0 aromatic rings. The molecule has 48 valence electrons. The van der Waals surface area contributed by atoms with E-state index in [1.807, 2.05) is 7.05 Å². The van der Waals surface area contributed by atoms with Crippen LogP contribution in [-0.2, 0) is 0 Å². The molecule has 2 N–H and O–H groups in total. The van der Waals surface area contributed by atoms with Gasteiger partial charge in [0.15, 0.2) is 0 Å². The molecule has 1 heterocycles. The van der Waals surface area contributed by atoms with Gasteiger partial charge < -0.3 is 10.6 Å². The number of halogens is 1. The molecule has 1 aliphatic heterocycles. The van der Waals surface area contributed by atoms with Crippen LogP contribution in [0.1, 0.15) is 0 Å². The first-order valence-corrected chi connectivity index (χ1v) is 3.22. The van der Waals surface area contributed by atoms with Gasteiger partial charge >= 0.3 is 0 Å². The molecule has 1 saturated heterocycles. The summed E-state index contributed by atoms with van der Waals surface area (Å²) in [5.74, 6) is 0. The zero-order valence-electron chi connectivity index (χ0n) is 4.97. The molecular formula is C5H11ClN2. The average molecular weight is 135 g/mol. The van der Waals surface area contributed by atoms with Crippen molar-refractivity contribution in [3.05, 3.63) is 0 Å². The van der Waals surface area contributed by atoms with Crippen molar-refractivity contribution in [3.8, 4) is 0 Å². The van der Waals surface area contributed by atoms with Crippen LogP contribution >= 0.6 is 11.6 Å². The fraction of sp³-hybridized carbons (Fsp3) is 1.00. The van der Waals surface area contributed by atoms with E-state index in [2.05, 4.69) is 4.90 Å². The van der Waals surface area contributed by atoms with Crippen molar-refractivity contribution in [2.75, 3.05) is 20.1 Å². The molecule has 0 radical (unpaired) electrons. The maximum atomic E-state index is 5.79. The highest BCUT2D eigenvalue weighted by molar-refractivity contribution is 6.21. The molecule has 0 amide bonds. The van der Waals surface area contributed by atoms with Crippen molar-refractivity contribution in [2.24, 2.45) is 5.73 Å². The minimum absolute atomic E-state index is 0.167. The van der Waals surface area contributed by atoms with Gasteiger partial charge in [-0.25, -0.2) is 0 Å². The van der Waals surface area contributed by atoms with E-state index in [0.29, 0.717) is 0 Å². The van der Waals surface area contributed by atoms with E-state index in [4.69, 9.17) is 17.3 Å². The van der Waals surface area contributed by atoms with E-state index in [0.717, 1.165) is 13.1 Å². The number of nitrogens with two attached hydrogens (primary N) is 1. The summed E-state index contributed by atoms with van der Waals surface area (Å²) in [6.45, 7) is 1.87. The van der Waals surface area contributed by atoms with Crippen LogP contribution in [0.2, 0.25) is 0 Å². The van der Waals surface area contributed by atoms with Gasteiger partial charge in [0.1, 0.15) is 0 Å². The summed E-state index contributed by atoms with van der Waals surface area (Å²) in [6.07, 6.45) is 0. The van der Waals surface area contributed by atoms with Gasteiger partial charge in [0.25, 0.3) is 0 Å². The quantitative estimate of drug-likeness (QED) is 0.468. The zero-order valence-corrected chi connectivity index (χ0v) is 5.73. The lowest BCUT2D eigenvalue weighted by atomic mass is 10.3. The fourth-order valence-electron chi connectivity index (χ4n) is 0.982. The minimum Gasteiger partial charge on any atom is -0.325 e. The topological polar surface area (TPSA) is 29.3 Å². The Labute approximate surface area is 54.6 Å². The Kier molecular flexibility index (Phi) is 1.75. The number of hydrogen-bond acceptors (Lipinski definition) is 2. The van der Waals surface area contributed by atoms with Crippen molar-refractivity contribution in [2.45, 2.75) is 11.4 Å². The van der Waals surface area contributed by atoms with Gasteiger partial charge in [0.2, 0.25) is 0 Å². The summed E-state index contributed by atoms with van der Waals surface area (Å²) in [7, 11) is 2.03. The number of likely N-dealkylation sites (tertiary alicyclic amines) is 1. The van der Waals surface area contributed by atoms with Crippen LogP contribution in [0.3, 0.4) is 0 Å². The second kappa shape index (κ2) is 2.21. The lowest BCUT2D eigenvalue weighted by Gasteiger charge is -2.02. The van der Waals surface area contributed by atoms with Crippen LogP contribution in [0.15, 0.2) is 0 Å². The Morgan fingerprint density at radius 1 is 1.62 bits per heavy atom. The van der Waals surface area contributed by atoms with Gasteiger partial charge in [-0.15, -0.1) is 11.6 Å². The molecule has 3 heteroatoms. The van der Waals surface area contributed by atoms with Crippen LogP contribution < -0.4 is 5.73 Å². The predicted molar refractivity (Wildman–Crippen MR) is 35.1 cm³/mol. The Bertz CT molecular complexity index is 76.5. The number of nitrogens with zero attached hydrogens (tertiary/aromatic N) is 1. The maximum absolute atomic E-state index is 5.79. The van der Waals surface area contributed by atoms with Gasteiger partial charge in [0.05, 0.1) is 5.38 Å². The third kappa shape index (κ3) is 1.13. The average Bonchev–Trinajstić information content (AvgIpc) is 1.85. The van der Waals surface area contributed by atoms with Crippen LogP contribution in [0, 0.1) is 0 Å². The molecule has 0 aromatic carbocycles. The molecular weight excluding hydrogens is 124 g/mol. The number of rotatable bonds is 0. The first kappa shape index (κ1) is 6.33. The Hall–Kier alpha value is 0.210. The molecule has 2 atom stereocenters. The van der Waals surface area contributed by atoms with Crippen molar-refractivity contribution < 1.29 is 0 Å². The smallest absolute Gasteiger partial charge is 0.0626 e. The molecule has 0 aromatic heterocycles. The van der Waals surface area contributed by atoms with Gasteiger partial charge in [-0.1, -0.05) is 0 Å². The molecule has 2 unspecified atom stereocenters. The van der Waals surface area contributed by atoms with Crippen molar-refractivity contribution in [3.63, 3.8) is 0 Å². The highest BCUT2D eigenvalue weighted by Gasteiger charge is 2.24. The highest BCUT2D eigenvalue weighted by Crippen LogP contribution is 2.10. The summed E-state index contributed by atoms with van der Waals surface area (Å²) >= 11 is 5.79. The molecule has 8 heavy (non-hydrogen) atoms. The summed E-state index contributed by atoms with van der Waals surface area (Å²) in [5, 5.41) is 0.167. The van der Waals surface area contributed by atoms with E-state index >= 15 is 0 Å². The van der Waals surface area contributed by atoms with Crippen molar-refractivity contribution >= 4 is 11.6 Å². The molecule has 1 rings (SSSR count). The minimum atomic E-state index is 0.167. The summed E-state index contributed by atoms with van der Waals surface area (Å²) < 4.78 is 0. The first-order valence-electron chi connectivity index (χ1n) is 2.78. The summed E-state index contributed by atoms with van der Waals surface area (Å²) in [4.78, 5) is 2.14. The van der Waals surface area contributed by atoms with Crippen LogP contribution in [0.25, 0.3) is 0 Å². The zero-order chi connectivity index (χ0) is 6.15. The lowest BCUT2D eigenvalue weighted by molar-refractivity contribution is 0.412. The monoisotopic (exact) mass is 134 g/mol. The molecule has 0 aliphatic carbocycles. The molecule has 2 nitrogen and oxygen atoms in total. The summed E-state index contributed by atoms with van der Waals surface area (Å²) in [5.41, 5.74) is 5.60. The van der Waals surface area contributed by atoms with Gasteiger partial charge in [0, 0.05) is 19.1 Å². The predicted octanol–water partition coefficient (Wildman–Crippen LogP) is -0.134. The number of alkyl halides is 1. The van der Waals surface area contributed by atoms with Gasteiger partial charge in [-0.3, -0.25) is 0 Å². The third-order valence-corrected chi connectivity index (χ3v) is 1.93. The standard InChI is InChI=1S/C5H11ClN2/c1-8-2-4(6)5(7)3-8/h4-5H,2-3,7H2,1H3. The molecule has 1 fully saturated rings. The lowest BCUT2D eigenvalue weighted by Crippen LogP contribution is -2.29. The highest BCUT2D eigenvalue weighted by atomic mass is 35.5. The van der Waals surface area contributed by atoms with Crippen molar-refractivity contribution in [1.82, 2.24) is 4.90 Å². The maximum Gasteiger partial charge on any atom is 0.0626 e.